The molecule has 1 aromatic carbocycles. The molecule has 0 saturated heterocycles. The molecule has 0 fully saturated rings. The highest BCUT2D eigenvalue weighted by atomic mass is 19.1. The highest BCUT2D eigenvalue weighted by Crippen LogP contribution is 2.17. The normalized spacial score (nSPS) is 11.8. The number of nitrogens with zero attached hydrogens (tertiary/aromatic N) is 4. The van der Waals surface area contributed by atoms with E-state index in [-0.39, 0.29) is 23.2 Å². The Morgan fingerprint density at radius 3 is 2.28 bits per heavy atom. The van der Waals surface area contributed by atoms with Gasteiger partial charge < -0.3 is 4.57 Å². The Labute approximate surface area is 144 Å². The van der Waals surface area contributed by atoms with E-state index in [0.29, 0.717) is 17.7 Å². The van der Waals surface area contributed by atoms with Gasteiger partial charge in [0.2, 0.25) is 0 Å². The molecule has 0 amide bonds. The minimum Gasteiger partial charge on any atom is -0.322 e. The summed E-state index contributed by atoms with van der Waals surface area (Å²) in [7, 11) is 0. The van der Waals surface area contributed by atoms with Crippen LogP contribution in [0, 0.1) is 11.7 Å². The lowest BCUT2D eigenvalue weighted by Gasteiger charge is -2.15. The van der Waals surface area contributed by atoms with E-state index in [9.17, 15) is 14.0 Å². The molecule has 0 saturated carbocycles. The SMILES string of the molecule is CC(C)Cn1c(=O)c2c(ncn2C(C)C)n(-c2ccc(F)cc2)c1=O. The van der Waals surface area contributed by atoms with Crippen molar-refractivity contribution in [2.45, 2.75) is 40.3 Å². The van der Waals surface area contributed by atoms with Gasteiger partial charge in [-0.1, -0.05) is 13.8 Å². The summed E-state index contributed by atoms with van der Waals surface area (Å²) in [5.41, 5.74) is 0.322. The van der Waals surface area contributed by atoms with E-state index in [1.807, 2.05) is 27.7 Å². The maximum absolute atomic E-state index is 13.3. The summed E-state index contributed by atoms with van der Waals surface area (Å²) in [6.45, 7) is 8.08. The molecule has 0 aliphatic heterocycles. The Bertz CT molecular complexity index is 1030. The average Bonchev–Trinajstić information content (AvgIpc) is 2.98. The smallest absolute Gasteiger partial charge is 0.322 e. The molecule has 0 aliphatic carbocycles. The maximum Gasteiger partial charge on any atom is 0.337 e. The molecule has 2 heterocycles. The maximum atomic E-state index is 13.3. The lowest BCUT2D eigenvalue weighted by Crippen LogP contribution is -2.41. The molecule has 3 aromatic rings. The quantitative estimate of drug-likeness (QED) is 0.731. The largest absolute Gasteiger partial charge is 0.337 e. The first-order chi connectivity index (χ1) is 11.8. The Morgan fingerprint density at radius 1 is 1.08 bits per heavy atom. The fraction of sp³-hybridized carbons (Fsp3) is 0.389. The third kappa shape index (κ3) is 2.90. The molecular weight excluding hydrogens is 323 g/mol. The van der Waals surface area contributed by atoms with Crippen LogP contribution in [-0.2, 0) is 6.54 Å². The molecule has 0 atom stereocenters. The predicted molar refractivity (Wildman–Crippen MR) is 94.8 cm³/mol. The first kappa shape index (κ1) is 17.1. The lowest BCUT2D eigenvalue weighted by atomic mass is 10.2. The van der Waals surface area contributed by atoms with Crippen molar-refractivity contribution in [2.24, 2.45) is 5.92 Å². The van der Waals surface area contributed by atoms with Crippen LogP contribution < -0.4 is 11.2 Å². The summed E-state index contributed by atoms with van der Waals surface area (Å²) in [6, 6.07) is 5.60. The van der Waals surface area contributed by atoms with Crippen molar-refractivity contribution in [1.82, 2.24) is 18.7 Å². The van der Waals surface area contributed by atoms with Crippen LogP contribution in [0.15, 0.2) is 40.2 Å². The zero-order valence-corrected chi connectivity index (χ0v) is 14.7. The number of hydrogen-bond donors (Lipinski definition) is 0. The van der Waals surface area contributed by atoms with Crippen molar-refractivity contribution < 1.29 is 4.39 Å². The van der Waals surface area contributed by atoms with Gasteiger partial charge in [0.1, 0.15) is 5.82 Å². The summed E-state index contributed by atoms with van der Waals surface area (Å²) in [4.78, 5) is 30.2. The summed E-state index contributed by atoms with van der Waals surface area (Å²) in [6.07, 6.45) is 1.57. The van der Waals surface area contributed by atoms with E-state index in [2.05, 4.69) is 4.98 Å². The van der Waals surface area contributed by atoms with Gasteiger partial charge in [0.05, 0.1) is 12.0 Å². The zero-order chi connectivity index (χ0) is 18.3. The standard InChI is InChI=1S/C18H21FN4O2/c1-11(2)9-21-17(24)15-16(20-10-22(15)12(3)4)23(18(21)25)14-7-5-13(19)6-8-14/h5-8,10-12H,9H2,1-4H3. The van der Waals surface area contributed by atoms with E-state index in [4.69, 9.17) is 0 Å². The number of fused-ring (bicyclic) bond motifs is 1. The fourth-order valence-corrected chi connectivity index (χ4v) is 2.89. The highest BCUT2D eigenvalue weighted by Gasteiger charge is 2.20. The van der Waals surface area contributed by atoms with Crippen LogP contribution in [0.2, 0.25) is 0 Å². The predicted octanol–water partition coefficient (Wildman–Crippen LogP) is 2.72. The molecule has 0 unspecified atom stereocenters. The fourth-order valence-electron chi connectivity index (χ4n) is 2.89. The molecule has 7 heteroatoms. The Kier molecular flexibility index (Phi) is 4.32. The zero-order valence-electron chi connectivity index (χ0n) is 14.7. The Balaban J connectivity index is 2.45. The molecule has 2 aromatic heterocycles. The number of imidazole rings is 1. The van der Waals surface area contributed by atoms with Crippen molar-refractivity contribution in [2.75, 3.05) is 0 Å². The first-order valence-electron chi connectivity index (χ1n) is 8.29. The molecule has 0 bridgehead atoms. The summed E-state index contributed by atoms with van der Waals surface area (Å²) in [5, 5.41) is 0. The van der Waals surface area contributed by atoms with E-state index >= 15 is 0 Å². The Hall–Kier alpha value is -2.70. The van der Waals surface area contributed by atoms with Gasteiger partial charge in [-0.3, -0.25) is 9.36 Å². The third-order valence-corrected chi connectivity index (χ3v) is 4.05. The van der Waals surface area contributed by atoms with Crippen molar-refractivity contribution in [3.05, 3.63) is 57.2 Å². The summed E-state index contributed by atoms with van der Waals surface area (Å²) >= 11 is 0. The van der Waals surface area contributed by atoms with Crippen LogP contribution in [0.25, 0.3) is 16.9 Å². The van der Waals surface area contributed by atoms with E-state index in [1.54, 1.807) is 10.9 Å². The van der Waals surface area contributed by atoms with E-state index in [0.717, 1.165) is 0 Å². The second kappa shape index (κ2) is 6.31. The Morgan fingerprint density at radius 2 is 1.72 bits per heavy atom. The van der Waals surface area contributed by atoms with Gasteiger partial charge in [0.15, 0.2) is 11.2 Å². The molecule has 0 aliphatic rings. The van der Waals surface area contributed by atoms with Gasteiger partial charge in [0.25, 0.3) is 5.56 Å². The van der Waals surface area contributed by atoms with Crippen LogP contribution in [0.3, 0.4) is 0 Å². The van der Waals surface area contributed by atoms with E-state index in [1.165, 1.54) is 33.4 Å². The van der Waals surface area contributed by atoms with Gasteiger partial charge in [0, 0.05) is 12.6 Å². The molecule has 0 radical (unpaired) electrons. The number of hydrogen-bond acceptors (Lipinski definition) is 3. The van der Waals surface area contributed by atoms with Gasteiger partial charge in [-0.15, -0.1) is 0 Å². The van der Waals surface area contributed by atoms with Crippen LogP contribution in [0.5, 0.6) is 0 Å². The third-order valence-electron chi connectivity index (χ3n) is 4.05. The van der Waals surface area contributed by atoms with Crippen LogP contribution in [0.1, 0.15) is 33.7 Å². The van der Waals surface area contributed by atoms with E-state index < -0.39 is 11.5 Å². The van der Waals surface area contributed by atoms with Crippen LogP contribution >= 0.6 is 0 Å². The van der Waals surface area contributed by atoms with Crippen molar-refractivity contribution in [1.29, 1.82) is 0 Å². The first-order valence-corrected chi connectivity index (χ1v) is 8.29. The molecule has 25 heavy (non-hydrogen) atoms. The van der Waals surface area contributed by atoms with Crippen molar-refractivity contribution in [3.8, 4) is 5.69 Å². The second-order valence-electron chi connectivity index (χ2n) is 6.82. The van der Waals surface area contributed by atoms with Gasteiger partial charge in [-0.25, -0.2) is 18.7 Å². The number of benzene rings is 1. The minimum absolute atomic E-state index is 0.0179. The summed E-state index contributed by atoms with van der Waals surface area (Å²) in [5.74, 6) is -0.267. The summed E-state index contributed by atoms with van der Waals surface area (Å²) < 4.78 is 17.6. The molecule has 132 valence electrons. The highest BCUT2D eigenvalue weighted by molar-refractivity contribution is 5.72. The van der Waals surface area contributed by atoms with Gasteiger partial charge in [-0.2, -0.15) is 0 Å². The number of halogens is 1. The van der Waals surface area contributed by atoms with Gasteiger partial charge in [-0.05, 0) is 44.0 Å². The molecule has 3 rings (SSSR count). The second-order valence-corrected chi connectivity index (χ2v) is 6.82. The average molecular weight is 344 g/mol. The molecule has 0 N–H and O–H groups in total. The molecular formula is C18H21FN4O2. The van der Waals surface area contributed by atoms with Crippen molar-refractivity contribution >= 4 is 11.2 Å². The minimum atomic E-state index is -0.466. The van der Waals surface area contributed by atoms with Crippen LogP contribution in [0.4, 0.5) is 4.39 Å². The number of rotatable bonds is 4. The lowest BCUT2D eigenvalue weighted by molar-refractivity contribution is 0.487. The van der Waals surface area contributed by atoms with Crippen LogP contribution in [-0.4, -0.2) is 18.7 Å². The monoisotopic (exact) mass is 344 g/mol. The molecule has 6 nitrogen and oxygen atoms in total. The molecule has 0 spiro atoms. The number of aromatic nitrogens is 4. The van der Waals surface area contributed by atoms with Gasteiger partial charge >= 0.3 is 5.69 Å². The topological polar surface area (TPSA) is 61.8 Å². The van der Waals surface area contributed by atoms with Crippen molar-refractivity contribution in [3.63, 3.8) is 0 Å².